The largest absolute Gasteiger partial charge is 0.488 e. The number of ether oxygens (including phenoxy) is 1. The number of carboxylic acid groups (broad SMARTS) is 1. The Balaban J connectivity index is 3.16. The van der Waals surface area contributed by atoms with Crippen molar-refractivity contribution in [3.05, 3.63) is 23.3 Å². The second-order valence-electron chi connectivity index (χ2n) is 5.54. The van der Waals surface area contributed by atoms with Crippen LogP contribution < -0.4 is 10.8 Å². The molecule has 0 heterocycles. The van der Waals surface area contributed by atoms with E-state index in [0.29, 0.717) is 5.56 Å². The number of anilines is 1. The van der Waals surface area contributed by atoms with Gasteiger partial charge in [0, 0.05) is 5.69 Å². The van der Waals surface area contributed by atoms with Gasteiger partial charge in [-0.2, -0.15) is 0 Å². The van der Waals surface area contributed by atoms with Crippen LogP contribution in [0.25, 0.3) is 0 Å². The Morgan fingerprint density at radius 2 is 1.81 bits per heavy atom. The molecule has 1 aromatic rings. The van der Waals surface area contributed by atoms with E-state index in [1.54, 1.807) is 20.8 Å². The van der Waals surface area contributed by atoms with Gasteiger partial charge in [0.25, 0.3) is 0 Å². The highest BCUT2D eigenvalue weighted by atomic mass is 16.6. The highest BCUT2D eigenvalue weighted by Gasteiger charge is 2.22. The molecule has 0 saturated heterocycles. The first-order chi connectivity index (χ1) is 9.51. The van der Waals surface area contributed by atoms with Gasteiger partial charge in [-0.25, -0.2) is 9.59 Å². The van der Waals surface area contributed by atoms with Gasteiger partial charge in [-0.1, -0.05) is 0 Å². The second-order valence-corrected chi connectivity index (χ2v) is 5.54. The topological polar surface area (TPSA) is 116 Å². The van der Waals surface area contributed by atoms with Gasteiger partial charge in [-0.3, -0.25) is 5.32 Å². The van der Waals surface area contributed by atoms with E-state index in [-0.39, 0.29) is 16.7 Å². The zero-order valence-corrected chi connectivity index (χ0v) is 12.3. The van der Waals surface area contributed by atoms with Crippen molar-refractivity contribution < 1.29 is 29.5 Å². The molecule has 0 unspecified atom stereocenters. The minimum absolute atomic E-state index is 0.000888. The van der Waals surface area contributed by atoms with Gasteiger partial charge in [0.1, 0.15) is 5.60 Å². The second kappa shape index (κ2) is 6.15. The smallest absolute Gasteiger partial charge is 0.478 e. The lowest BCUT2D eigenvalue weighted by Crippen LogP contribution is -2.34. The molecule has 0 aliphatic rings. The quantitative estimate of drug-likeness (QED) is 0.611. The summed E-state index contributed by atoms with van der Waals surface area (Å²) in [6.07, 6.45) is -0.758. The molecule has 1 amide bonds. The molecule has 114 valence electrons. The van der Waals surface area contributed by atoms with Crippen molar-refractivity contribution in [1.29, 1.82) is 0 Å². The number of aromatic carboxylic acids is 1. The number of benzene rings is 1. The molecule has 4 N–H and O–H groups in total. The monoisotopic (exact) mass is 295 g/mol. The molecule has 0 bridgehead atoms. The van der Waals surface area contributed by atoms with Gasteiger partial charge in [-0.05, 0) is 50.9 Å². The molecule has 1 rings (SSSR count). The number of carbonyl (C=O) groups excluding carboxylic acids is 1. The fourth-order valence-corrected chi connectivity index (χ4v) is 1.67. The molecule has 21 heavy (non-hydrogen) atoms. The number of amides is 1. The molecule has 0 fully saturated rings. The Kier molecular flexibility index (Phi) is 4.98. The van der Waals surface area contributed by atoms with E-state index in [9.17, 15) is 19.6 Å². The van der Waals surface area contributed by atoms with Crippen LogP contribution in [-0.2, 0) is 4.74 Å². The van der Waals surface area contributed by atoms with Crippen LogP contribution in [0.5, 0.6) is 0 Å². The van der Waals surface area contributed by atoms with Crippen LogP contribution in [0.4, 0.5) is 10.5 Å². The van der Waals surface area contributed by atoms with Crippen molar-refractivity contribution in [2.45, 2.75) is 33.3 Å². The lowest BCUT2D eigenvalue weighted by atomic mass is 9.76. The van der Waals surface area contributed by atoms with Crippen molar-refractivity contribution in [1.82, 2.24) is 0 Å². The molecule has 0 radical (unpaired) electrons. The summed E-state index contributed by atoms with van der Waals surface area (Å²) >= 11 is 0. The van der Waals surface area contributed by atoms with Gasteiger partial charge in [-0.15, -0.1) is 0 Å². The van der Waals surface area contributed by atoms with E-state index in [1.165, 1.54) is 13.0 Å². The van der Waals surface area contributed by atoms with E-state index in [1.807, 2.05) is 0 Å². The van der Waals surface area contributed by atoms with Crippen LogP contribution in [-0.4, -0.2) is 39.9 Å². The zero-order chi connectivity index (χ0) is 16.4. The summed E-state index contributed by atoms with van der Waals surface area (Å²) in [5.74, 6) is -1.25. The number of hydrogen-bond donors (Lipinski definition) is 4. The van der Waals surface area contributed by atoms with Crippen molar-refractivity contribution in [2.24, 2.45) is 0 Å². The van der Waals surface area contributed by atoms with Crippen LogP contribution in [0, 0.1) is 6.92 Å². The van der Waals surface area contributed by atoms with Gasteiger partial charge in [0.15, 0.2) is 0 Å². The minimum Gasteiger partial charge on any atom is -0.478 e. The molecule has 0 spiro atoms. The predicted molar refractivity (Wildman–Crippen MR) is 77.8 cm³/mol. The minimum atomic E-state index is -1.84. The average molecular weight is 295 g/mol. The summed E-state index contributed by atoms with van der Waals surface area (Å²) in [6, 6.07) is 2.37. The third kappa shape index (κ3) is 4.76. The molecule has 7 nitrogen and oxygen atoms in total. The van der Waals surface area contributed by atoms with Gasteiger partial charge in [0.05, 0.1) is 5.56 Å². The van der Waals surface area contributed by atoms with Crippen molar-refractivity contribution >= 4 is 30.3 Å². The highest BCUT2D eigenvalue weighted by molar-refractivity contribution is 6.59. The number of hydrogen-bond acceptors (Lipinski definition) is 5. The third-order valence-corrected chi connectivity index (χ3v) is 2.61. The van der Waals surface area contributed by atoms with Gasteiger partial charge in [0.2, 0.25) is 0 Å². The summed E-state index contributed by atoms with van der Waals surface area (Å²) in [7, 11) is -1.84. The third-order valence-electron chi connectivity index (χ3n) is 2.61. The van der Waals surface area contributed by atoms with Gasteiger partial charge >= 0.3 is 19.2 Å². The van der Waals surface area contributed by atoms with E-state index in [0.717, 1.165) is 6.07 Å². The Morgan fingerprint density at radius 1 is 1.24 bits per heavy atom. The number of rotatable bonds is 3. The number of carboxylic acids is 1. The fraction of sp³-hybridized carbons (Fsp3) is 0.385. The first-order valence-corrected chi connectivity index (χ1v) is 6.25. The molecule has 0 aliphatic heterocycles. The lowest BCUT2D eigenvalue weighted by molar-refractivity contribution is 0.0632. The maximum Gasteiger partial charge on any atom is 0.488 e. The van der Waals surface area contributed by atoms with E-state index in [4.69, 9.17) is 9.84 Å². The molecule has 0 aromatic heterocycles. The first kappa shape index (κ1) is 17.0. The predicted octanol–water partition coefficient (Wildman–Crippen LogP) is 0.720. The Bertz CT molecular complexity index is 565. The van der Waals surface area contributed by atoms with Crippen LogP contribution in [0.1, 0.15) is 36.7 Å². The summed E-state index contributed by atoms with van der Waals surface area (Å²) in [4.78, 5) is 22.8. The summed E-state index contributed by atoms with van der Waals surface area (Å²) in [6.45, 7) is 6.61. The molecule has 0 saturated carbocycles. The number of carbonyl (C=O) groups is 2. The highest BCUT2D eigenvalue weighted by Crippen LogP contribution is 2.17. The van der Waals surface area contributed by atoms with Crippen LogP contribution in [0.15, 0.2) is 12.1 Å². The van der Waals surface area contributed by atoms with E-state index < -0.39 is 24.8 Å². The van der Waals surface area contributed by atoms with Crippen LogP contribution >= 0.6 is 0 Å². The van der Waals surface area contributed by atoms with Crippen molar-refractivity contribution in [3.8, 4) is 0 Å². The summed E-state index contributed by atoms with van der Waals surface area (Å²) in [5.41, 5.74) is -0.384. The van der Waals surface area contributed by atoms with Gasteiger partial charge < -0.3 is 19.9 Å². The Labute approximate surface area is 122 Å². The van der Waals surface area contributed by atoms with E-state index >= 15 is 0 Å². The Morgan fingerprint density at radius 3 is 2.24 bits per heavy atom. The first-order valence-electron chi connectivity index (χ1n) is 6.25. The molecule has 1 aromatic carbocycles. The van der Waals surface area contributed by atoms with E-state index in [2.05, 4.69) is 5.32 Å². The standard InChI is InChI=1S/C13H18BNO6/c1-7-9(14(19)20)5-8(11(16)17)6-10(7)15-12(18)21-13(2,3)4/h5-6,19-20H,1-4H3,(H,15,18)(H,16,17). The Hall–Kier alpha value is -2.06. The average Bonchev–Trinajstić information content (AvgIpc) is 2.28. The van der Waals surface area contributed by atoms with Crippen molar-refractivity contribution in [2.75, 3.05) is 5.32 Å². The maximum absolute atomic E-state index is 11.7. The summed E-state index contributed by atoms with van der Waals surface area (Å²) < 4.78 is 5.07. The van der Waals surface area contributed by atoms with Crippen molar-refractivity contribution in [3.63, 3.8) is 0 Å². The zero-order valence-electron chi connectivity index (χ0n) is 12.3. The maximum atomic E-state index is 11.7. The number of nitrogens with one attached hydrogen (secondary N) is 1. The normalized spacial score (nSPS) is 11.0. The fourth-order valence-electron chi connectivity index (χ4n) is 1.67. The molecular weight excluding hydrogens is 277 g/mol. The molecular formula is C13H18BNO6. The molecule has 0 atom stereocenters. The van der Waals surface area contributed by atoms with Crippen LogP contribution in [0.2, 0.25) is 0 Å². The SMILES string of the molecule is Cc1c(NC(=O)OC(C)(C)C)cc(C(=O)O)cc1B(O)O. The lowest BCUT2D eigenvalue weighted by Gasteiger charge is -2.21. The molecule has 0 aliphatic carbocycles. The van der Waals surface area contributed by atoms with Crippen LogP contribution in [0.3, 0.4) is 0 Å². The summed E-state index contributed by atoms with van der Waals surface area (Å²) in [5, 5.41) is 30.0. The molecule has 8 heteroatoms.